The summed E-state index contributed by atoms with van der Waals surface area (Å²) in [6.45, 7) is 4.50. The second-order valence-corrected chi connectivity index (χ2v) is 4.49. The summed E-state index contributed by atoms with van der Waals surface area (Å²) in [6.07, 6.45) is -0.109. The van der Waals surface area contributed by atoms with Crippen molar-refractivity contribution in [2.24, 2.45) is 11.7 Å². The van der Waals surface area contributed by atoms with Crippen LogP contribution in [-0.4, -0.2) is 32.2 Å². The van der Waals surface area contributed by atoms with Crippen molar-refractivity contribution in [3.8, 4) is 11.5 Å². The van der Waals surface area contributed by atoms with E-state index in [2.05, 4.69) is 5.32 Å². The SMILES string of the molecule is COc1ccc(OC(C)CNC(=O)C(C)CN)cc1. The quantitative estimate of drug-likeness (QED) is 0.777. The van der Waals surface area contributed by atoms with Crippen molar-refractivity contribution < 1.29 is 14.3 Å². The van der Waals surface area contributed by atoms with Crippen LogP contribution in [0.15, 0.2) is 24.3 Å². The van der Waals surface area contributed by atoms with E-state index in [0.29, 0.717) is 13.1 Å². The third-order valence-corrected chi connectivity index (χ3v) is 2.76. The number of hydrogen-bond acceptors (Lipinski definition) is 4. The number of ether oxygens (including phenoxy) is 2. The average molecular weight is 266 g/mol. The fourth-order valence-corrected chi connectivity index (χ4v) is 1.45. The minimum absolute atomic E-state index is 0.0484. The Morgan fingerprint density at radius 1 is 1.26 bits per heavy atom. The zero-order valence-electron chi connectivity index (χ0n) is 11.7. The normalized spacial score (nSPS) is 13.5. The van der Waals surface area contributed by atoms with E-state index in [9.17, 15) is 4.79 Å². The molecule has 0 radical (unpaired) electrons. The van der Waals surface area contributed by atoms with Gasteiger partial charge in [0.05, 0.1) is 13.7 Å². The van der Waals surface area contributed by atoms with Gasteiger partial charge in [0.1, 0.15) is 17.6 Å². The van der Waals surface area contributed by atoms with E-state index in [1.807, 2.05) is 31.2 Å². The second kappa shape index (κ2) is 7.63. The predicted octanol–water partition coefficient (Wildman–Crippen LogP) is 1.17. The fourth-order valence-electron chi connectivity index (χ4n) is 1.45. The Morgan fingerprint density at radius 2 is 1.84 bits per heavy atom. The van der Waals surface area contributed by atoms with Gasteiger partial charge in [0, 0.05) is 12.5 Å². The van der Waals surface area contributed by atoms with Crippen molar-refractivity contribution in [3.05, 3.63) is 24.3 Å². The van der Waals surface area contributed by atoms with E-state index in [1.165, 1.54) is 0 Å². The summed E-state index contributed by atoms with van der Waals surface area (Å²) in [6, 6.07) is 7.33. The first kappa shape index (κ1) is 15.3. The molecule has 0 aromatic heterocycles. The van der Waals surface area contributed by atoms with Crippen molar-refractivity contribution in [2.45, 2.75) is 20.0 Å². The maximum Gasteiger partial charge on any atom is 0.224 e. The highest BCUT2D eigenvalue weighted by Gasteiger charge is 2.12. The lowest BCUT2D eigenvalue weighted by Crippen LogP contribution is -2.38. The van der Waals surface area contributed by atoms with E-state index in [-0.39, 0.29) is 17.9 Å². The smallest absolute Gasteiger partial charge is 0.224 e. The summed E-state index contributed by atoms with van der Waals surface area (Å²) >= 11 is 0. The molecule has 1 aromatic carbocycles. The molecule has 0 saturated carbocycles. The van der Waals surface area contributed by atoms with Crippen LogP contribution < -0.4 is 20.5 Å². The second-order valence-electron chi connectivity index (χ2n) is 4.49. The largest absolute Gasteiger partial charge is 0.497 e. The molecule has 0 saturated heterocycles. The first-order valence-electron chi connectivity index (χ1n) is 6.35. The number of methoxy groups -OCH3 is 1. The zero-order valence-corrected chi connectivity index (χ0v) is 11.7. The van der Waals surface area contributed by atoms with Gasteiger partial charge in [-0.3, -0.25) is 4.79 Å². The van der Waals surface area contributed by atoms with Crippen LogP contribution in [0, 0.1) is 5.92 Å². The molecule has 5 heteroatoms. The third kappa shape index (κ3) is 5.18. The highest BCUT2D eigenvalue weighted by atomic mass is 16.5. The number of amides is 1. The van der Waals surface area contributed by atoms with E-state index >= 15 is 0 Å². The van der Waals surface area contributed by atoms with Gasteiger partial charge in [-0.25, -0.2) is 0 Å². The van der Waals surface area contributed by atoms with Crippen molar-refractivity contribution in [1.82, 2.24) is 5.32 Å². The number of nitrogens with one attached hydrogen (secondary N) is 1. The Bertz CT molecular complexity index is 392. The molecule has 0 fully saturated rings. The van der Waals surface area contributed by atoms with Crippen LogP contribution in [0.3, 0.4) is 0 Å². The molecular formula is C14H22N2O3. The first-order valence-corrected chi connectivity index (χ1v) is 6.35. The average Bonchev–Trinajstić information content (AvgIpc) is 2.44. The summed E-state index contributed by atoms with van der Waals surface area (Å²) in [4.78, 5) is 11.6. The van der Waals surface area contributed by atoms with Gasteiger partial charge in [0.2, 0.25) is 5.91 Å². The summed E-state index contributed by atoms with van der Waals surface area (Å²) in [5, 5.41) is 2.81. The molecule has 2 unspecified atom stereocenters. The summed E-state index contributed by atoms with van der Waals surface area (Å²) in [5.41, 5.74) is 5.43. The monoisotopic (exact) mass is 266 g/mol. The Balaban J connectivity index is 2.38. The van der Waals surface area contributed by atoms with Gasteiger partial charge >= 0.3 is 0 Å². The molecule has 0 aliphatic heterocycles. The van der Waals surface area contributed by atoms with Gasteiger partial charge in [-0.1, -0.05) is 6.92 Å². The van der Waals surface area contributed by atoms with Gasteiger partial charge in [-0.2, -0.15) is 0 Å². The topological polar surface area (TPSA) is 73.6 Å². The van der Waals surface area contributed by atoms with Crippen LogP contribution in [0.1, 0.15) is 13.8 Å². The van der Waals surface area contributed by atoms with Crippen molar-refractivity contribution in [2.75, 3.05) is 20.2 Å². The van der Waals surface area contributed by atoms with E-state index in [4.69, 9.17) is 15.2 Å². The number of rotatable bonds is 7. The summed E-state index contributed by atoms with van der Waals surface area (Å²) < 4.78 is 10.7. The van der Waals surface area contributed by atoms with Crippen LogP contribution in [-0.2, 0) is 4.79 Å². The van der Waals surface area contributed by atoms with Crippen molar-refractivity contribution in [1.29, 1.82) is 0 Å². The van der Waals surface area contributed by atoms with Crippen LogP contribution in [0.25, 0.3) is 0 Å². The van der Waals surface area contributed by atoms with Crippen LogP contribution in [0.5, 0.6) is 11.5 Å². The number of benzene rings is 1. The standard InChI is InChI=1S/C14H22N2O3/c1-10(8-15)14(17)16-9-11(2)19-13-6-4-12(18-3)5-7-13/h4-7,10-11H,8-9,15H2,1-3H3,(H,16,17). The lowest BCUT2D eigenvalue weighted by Gasteiger charge is -2.17. The molecular weight excluding hydrogens is 244 g/mol. The summed E-state index contributed by atoms with van der Waals surface area (Å²) in [5.74, 6) is 1.31. The minimum atomic E-state index is -0.173. The van der Waals surface area contributed by atoms with Crippen LogP contribution in [0.4, 0.5) is 0 Å². The molecule has 0 bridgehead atoms. The number of carbonyl (C=O) groups excluding carboxylic acids is 1. The van der Waals surface area contributed by atoms with E-state index in [1.54, 1.807) is 14.0 Å². The molecule has 5 nitrogen and oxygen atoms in total. The molecule has 0 aliphatic rings. The maximum atomic E-state index is 11.6. The Morgan fingerprint density at radius 3 is 2.37 bits per heavy atom. The Hall–Kier alpha value is -1.75. The van der Waals surface area contributed by atoms with E-state index in [0.717, 1.165) is 11.5 Å². The lowest BCUT2D eigenvalue weighted by atomic mass is 10.1. The number of nitrogens with two attached hydrogens (primary N) is 1. The molecule has 2 atom stereocenters. The van der Waals surface area contributed by atoms with Gasteiger partial charge in [0.25, 0.3) is 0 Å². The number of carbonyl (C=O) groups is 1. The highest BCUT2D eigenvalue weighted by molar-refractivity contribution is 5.78. The van der Waals surface area contributed by atoms with Crippen LogP contribution >= 0.6 is 0 Å². The highest BCUT2D eigenvalue weighted by Crippen LogP contribution is 2.17. The first-order chi connectivity index (χ1) is 9.06. The predicted molar refractivity (Wildman–Crippen MR) is 74.3 cm³/mol. The fraction of sp³-hybridized carbons (Fsp3) is 0.500. The zero-order chi connectivity index (χ0) is 14.3. The molecule has 0 heterocycles. The third-order valence-electron chi connectivity index (χ3n) is 2.76. The van der Waals surface area contributed by atoms with E-state index < -0.39 is 0 Å². The molecule has 1 aromatic rings. The molecule has 0 aliphatic carbocycles. The molecule has 19 heavy (non-hydrogen) atoms. The van der Waals surface area contributed by atoms with Gasteiger partial charge < -0.3 is 20.5 Å². The summed E-state index contributed by atoms with van der Waals surface area (Å²) in [7, 11) is 1.62. The minimum Gasteiger partial charge on any atom is -0.497 e. The molecule has 1 amide bonds. The van der Waals surface area contributed by atoms with Crippen LogP contribution in [0.2, 0.25) is 0 Å². The molecule has 3 N–H and O–H groups in total. The number of hydrogen-bond donors (Lipinski definition) is 2. The van der Waals surface area contributed by atoms with Gasteiger partial charge in [-0.05, 0) is 31.2 Å². The maximum absolute atomic E-state index is 11.6. The van der Waals surface area contributed by atoms with Gasteiger partial charge in [0.15, 0.2) is 0 Å². The lowest BCUT2D eigenvalue weighted by molar-refractivity contribution is -0.124. The molecule has 106 valence electrons. The van der Waals surface area contributed by atoms with Gasteiger partial charge in [-0.15, -0.1) is 0 Å². The van der Waals surface area contributed by atoms with Crippen molar-refractivity contribution in [3.63, 3.8) is 0 Å². The Kier molecular flexibility index (Phi) is 6.15. The molecule has 0 spiro atoms. The Labute approximate surface area is 114 Å². The molecule has 1 rings (SSSR count). The van der Waals surface area contributed by atoms with Crippen molar-refractivity contribution >= 4 is 5.91 Å².